The van der Waals surface area contributed by atoms with Crippen molar-refractivity contribution in [3.63, 3.8) is 0 Å². The van der Waals surface area contributed by atoms with Crippen LogP contribution >= 0.6 is 11.8 Å². The van der Waals surface area contributed by atoms with Gasteiger partial charge in [-0.2, -0.15) is 11.8 Å². The number of nitrogens with one attached hydrogen (secondary N) is 1. The first kappa shape index (κ1) is 13.5. The van der Waals surface area contributed by atoms with Gasteiger partial charge in [0.25, 0.3) is 0 Å². The third-order valence-corrected chi connectivity index (χ3v) is 5.67. The molecular formula is C16H24N2S. The topological polar surface area (TPSA) is 15.3 Å². The van der Waals surface area contributed by atoms with Gasteiger partial charge in [-0.15, -0.1) is 0 Å². The molecule has 3 atom stereocenters. The number of hydrogen-bond acceptors (Lipinski definition) is 3. The van der Waals surface area contributed by atoms with Gasteiger partial charge in [-0.3, -0.25) is 4.90 Å². The van der Waals surface area contributed by atoms with Gasteiger partial charge < -0.3 is 5.32 Å². The average molecular weight is 276 g/mol. The van der Waals surface area contributed by atoms with Crippen LogP contribution in [0.1, 0.15) is 25.3 Å². The zero-order chi connectivity index (χ0) is 13.1. The van der Waals surface area contributed by atoms with Crippen molar-refractivity contribution in [1.29, 1.82) is 0 Å². The van der Waals surface area contributed by atoms with Gasteiger partial charge in [0, 0.05) is 37.0 Å². The fraction of sp³-hybridized carbons (Fsp3) is 0.625. The Labute approximate surface area is 121 Å². The summed E-state index contributed by atoms with van der Waals surface area (Å²) >= 11 is 2.12. The Bertz CT molecular complexity index is 395. The molecule has 3 heteroatoms. The molecular weight excluding hydrogens is 252 g/mol. The number of rotatable bonds is 4. The molecule has 2 nitrogen and oxygen atoms in total. The minimum absolute atomic E-state index is 0.704. The van der Waals surface area contributed by atoms with E-state index in [1.807, 2.05) is 0 Å². The summed E-state index contributed by atoms with van der Waals surface area (Å²) in [5.74, 6) is 1.33. The fourth-order valence-corrected chi connectivity index (χ4v) is 4.42. The number of nitrogens with zero attached hydrogens (tertiary/aromatic N) is 1. The smallest absolute Gasteiger partial charge is 0.0234 e. The van der Waals surface area contributed by atoms with Gasteiger partial charge in [-0.1, -0.05) is 37.3 Å². The molecule has 2 saturated heterocycles. The van der Waals surface area contributed by atoms with E-state index in [4.69, 9.17) is 0 Å². The lowest BCUT2D eigenvalue weighted by Crippen LogP contribution is -2.42. The van der Waals surface area contributed by atoms with E-state index in [1.54, 1.807) is 0 Å². The number of thioether (sulfide) groups is 1. The van der Waals surface area contributed by atoms with E-state index in [0.717, 1.165) is 17.8 Å². The van der Waals surface area contributed by atoms with E-state index >= 15 is 0 Å². The van der Waals surface area contributed by atoms with Crippen LogP contribution in [0, 0.1) is 0 Å². The van der Waals surface area contributed by atoms with Gasteiger partial charge in [0.15, 0.2) is 0 Å². The van der Waals surface area contributed by atoms with E-state index < -0.39 is 0 Å². The lowest BCUT2D eigenvalue weighted by Gasteiger charge is -2.22. The highest BCUT2D eigenvalue weighted by Gasteiger charge is 2.29. The summed E-state index contributed by atoms with van der Waals surface area (Å²) < 4.78 is 0. The average Bonchev–Trinajstić information content (AvgIpc) is 3.02. The molecule has 3 rings (SSSR count). The van der Waals surface area contributed by atoms with Crippen molar-refractivity contribution in [3.8, 4) is 0 Å². The minimum atomic E-state index is 0.704. The van der Waals surface area contributed by atoms with Crippen LogP contribution in [0.15, 0.2) is 30.3 Å². The highest BCUT2D eigenvalue weighted by molar-refractivity contribution is 8.00. The molecule has 0 radical (unpaired) electrons. The molecule has 0 spiro atoms. The van der Waals surface area contributed by atoms with Crippen molar-refractivity contribution in [3.05, 3.63) is 35.9 Å². The fourth-order valence-electron chi connectivity index (χ4n) is 3.21. The maximum absolute atomic E-state index is 3.88. The van der Waals surface area contributed by atoms with E-state index in [1.165, 1.54) is 37.2 Å². The van der Waals surface area contributed by atoms with E-state index in [-0.39, 0.29) is 0 Å². The minimum Gasteiger partial charge on any atom is -0.309 e. The van der Waals surface area contributed by atoms with Crippen LogP contribution in [0.2, 0.25) is 0 Å². The molecule has 0 saturated carbocycles. The van der Waals surface area contributed by atoms with Crippen molar-refractivity contribution in [2.75, 3.05) is 18.8 Å². The van der Waals surface area contributed by atoms with Crippen LogP contribution in [0.5, 0.6) is 0 Å². The Morgan fingerprint density at radius 2 is 2.11 bits per heavy atom. The Kier molecular flexibility index (Phi) is 4.46. The molecule has 2 aliphatic rings. The van der Waals surface area contributed by atoms with Crippen LogP contribution in [0.3, 0.4) is 0 Å². The third-order valence-electron chi connectivity index (χ3n) is 4.35. The van der Waals surface area contributed by atoms with Gasteiger partial charge >= 0.3 is 0 Å². The molecule has 2 fully saturated rings. The molecule has 0 aromatic heterocycles. The van der Waals surface area contributed by atoms with Gasteiger partial charge in [0.2, 0.25) is 0 Å². The predicted octanol–water partition coefficient (Wildman–Crippen LogP) is 2.74. The molecule has 1 aromatic carbocycles. The summed E-state index contributed by atoms with van der Waals surface area (Å²) in [5, 5.41) is 4.68. The standard InChI is InChI=1S/C16H24N2S/c1-13-16(8-10-19-13)17-15-7-9-18(12-15)11-14-5-3-2-4-6-14/h2-6,13,15-17H,7-12H2,1H3. The van der Waals surface area contributed by atoms with Gasteiger partial charge in [-0.05, 0) is 24.2 Å². The summed E-state index contributed by atoms with van der Waals surface area (Å²) in [6.45, 7) is 5.92. The maximum atomic E-state index is 3.88. The molecule has 0 amide bonds. The highest BCUT2D eigenvalue weighted by atomic mass is 32.2. The van der Waals surface area contributed by atoms with Gasteiger partial charge in [0.05, 0.1) is 0 Å². The molecule has 1 aromatic rings. The monoisotopic (exact) mass is 276 g/mol. The number of hydrogen-bond donors (Lipinski definition) is 1. The van der Waals surface area contributed by atoms with Crippen LogP contribution in [-0.4, -0.2) is 41.1 Å². The first-order valence-electron chi connectivity index (χ1n) is 7.45. The lowest BCUT2D eigenvalue weighted by atomic mass is 10.1. The Morgan fingerprint density at radius 1 is 1.26 bits per heavy atom. The molecule has 2 heterocycles. The molecule has 3 unspecified atom stereocenters. The number of benzene rings is 1. The molecule has 19 heavy (non-hydrogen) atoms. The Hall–Kier alpha value is -0.510. The molecule has 0 aliphatic carbocycles. The summed E-state index contributed by atoms with van der Waals surface area (Å²) in [4.78, 5) is 2.58. The van der Waals surface area contributed by atoms with E-state index in [0.29, 0.717) is 6.04 Å². The van der Waals surface area contributed by atoms with E-state index in [2.05, 4.69) is 59.2 Å². The second-order valence-corrected chi connectivity index (χ2v) is 7.33. The summed E-state index contributed by atoms with van der Waals surface area (Å²) in [7, 11) is 0. The summed E-state index contributed by atoms with van der Waals surface area (Å²) in [6, 6.07) is 12.3. The molecule has 104 valence electrons. The largest absolute Gasteiger partial charge is 0.309 e. The lowest BCUT2D eigenvalue weighted by molar-refractivity contribution is 0.314. The second-order valence-electron chi connectivity index (χ2n) is 5.84. The maximum Gasteiger partial charge on any atom is 0.0234 e. The zero-order valence-corrected chi connectivity index (χ0v) is 12.5. The Morgan fingerprint density at radius 3 is 2.84 bits per heavy atom. The van der Waals surface area contributed by atoms with Crippen LogP contribution in [0.4, 0.5) is 0 Å². The van der Waals surface area contributed by atoms with Crippen molar-refractivity contribution < 1.29 is 0 Å². The Balaban J connectivity index is 1.47. The quantitative estimate of drug-likeness (QED) is 0.910. The third kappa shape index (κ3) is 3.53. The zero-order valence-electron chi connectivity index (χ0n) is 11.7. The van der Waals surface area contributed by atoms with Gasteiger partial charge in [-0.25, -0.2) is 0 Å². The first-order chi connectivity index (χ1) is 9.31. The normalized spacial score (nSPS) is 31.9. The van der Waals surface area contributed by atoms with Gasteiger partial charge in [0.1, 0.15) is 0 Å². The molecule has 2 aliphatic heterocycles. The summed E-state index contributed by atoms with van der Waals surface area (Å²) in [5.41, 5.74) is 1.44. The molecule has 1 N–H and O–H groups in total. The second kappa shape index (κ2) is 6.29. The van der Waals surface area contributed by atoms with Crippen molar-refractivity contribution in [2.45, 2.75) is 43.6 Å². The van der Waals surface area contributed by atoms with Crippen LogP contribution in [-0.2, 0) is 6.54 Å². The van der Waals surface area contributed by atoms with Crippen molar-refractivity contribution >= 4 is 11.8 Å². The van der Waals surface area contributed by atoms with Crippen LogP contribution < -0.4 is 5.32 Å². The van der Waals surface area contributed by atoms with Crippen LogP contribution in [0.25, 0.3) is 0 Å². The SMILES string of the molecule is CC1SCCC1NC1CCN(Cc2ccccc2)C1. The van der Waals surface area contributed by atoms with Crippen molar-refractivity contribution in [2.24, 2.45) is 0 Å². The number of likely N-dealkylation sites (tertiary alicyclic amines) is 1. The molecule has 0 bridgehead atoms. The van der Waals surface area contributed by atoms with Crippen molar-refractivity contribution in [1.82, 2.24) is 10.2 Å². The van der Waals surface area contributed by atoms with E-state index in [9.17, 15) is 0 Å². The first-order valence-corrected chi connectivity index (χ1v) is 8.50. The summed E-state index contributed by atoms with van der Waals surface area (Å²) in [6.07, 6.45) is 2.65. The predicted molar refractivity (Wildman–Crippen MR) is 83.6 cm³/mol. The highest BCUT2D eigenvalue weighted by Crippen LogP contribution is 2.27.